The molecule has 0 aliphatic carbocycles. The standard InChI is InChI=1S/C19H37N7S.HI/c1-5-6-11-26-12-8-17(9-13-26)22-19(20-10-7-14-27-4)21-15-18-24-23-16(2)25(18)3;/h17H,5-15H2,1-4H3,(H2,20,21,22);1H. The van der Waals surface area contributed by atoms with Gasteiger partial charge in [-0.05, 0) is 51.2 Å². The van der Waals surface area contributed by atoms with E-state index in [1.54, 1.807) is 0 Å². The fraction of sp³-hybridized carbons (Fsp3) is 0.842. The van der Waals surface area contributed by atoms with Crippen LogP contribution in [-0.4, -0.2) is 69.9 Å². The Morgan fingerprint density at radius 3 is 2.61 bits per heavy atom. The molecule has 1 aliphatic rings. The third-order valence-electron chi connectivity index (χ3n) is 5.14. The van der Waals surface area contributed by atoms with Gasteiger partial charge >= 0.3 is 0 Å². The molecule has 1 fully saturated rings. The maximum absolute atomic E-state index is 4.78. The maximum Gasteiger partial charge on any atom is 0.191 e. The lowest BCUT2D eigenvalue weighted by Crippen LogP contribution is -2.49. The lowest BCUT2D eigenvalue weighted by atomic mass is 10.0. The Morgan fingerprint density at radius 2 is 2.00 bits per heavy atom. The first-order valence-corrected chi connectivity index (χ1v) is 11.6. The second kappa shape index (κ2) is 14.4. The molecule has 0 saturated carbocycles. The van der Waals surface area contributed by atoms with E-state index >= 15 is 0 Å². The summed E-state index contributed by atoms with van der Waals surface area (Å²) in [5.41, 5.74) is 0. The summed E-state index contributed by atoms with van der Waals surface area (Å²) in [5, 5.41) is 15.5. The van der Waals surface area contributed by atoms with Gasteiger partial charge in [0.1, 0.15) is 12.4 Å². The van der Waals surface area contributed by atoms with Crippen molar-refractivity contribution in [1.82, 2.24) is 30.3 Å². The van der Waals surface area contributed by atoms with E-state index in [4.69, 9.17) is 4.99 Å². The zero-order valence-corrected chi connectivity index (χ0v) is 21.1. The van der Waals surface area contributed by atoms with Crippen LogP contribution in [0.3, 0.4) is 0 Å². The molecule has 2 heterocycles. The number of unbranched alkanes of at least 4 members (excludes halogenated alkanes) is 1. The molecule has 0 aromatic carbocycles. The number of thioether (sulfide) groups is 1. The van der Waals surface area contributed by atoms with Crippen molar-refractivity contribution in [2.75, 3.05) is 38.2 Å². The van der Waals surface area contributed by atoms with E-state index in [0.29, 0.717) is 12.6 Å². The van der Waals surface area contributed by atoms with Crippen molar-refractivity contribution in [3.05, 3.63) is 11.6 Å². The Balaban J connectivity index is 0.00000392. The molecular weight excluding hydrogens is 485 g/mol. The monoisotopic (exact) mass is 523 g/mol. The number of piperidine rings is 1. The van der Waals surface area contributed by atoms with Crippen molar-refractivity contribution < 1.29 is 0 Å². The van der Waals surface area contributed by atoms with Crippen molar-refractivity contribution in [1.29, 1.82) is 0 Å². The van der Waals surface area contributed by atoms with Crippen LogP contribution in [0.25, 0.3) is 0 Å². The predicted octanol–water partition coefficient (Wildman–Crippen LogP) is 2.79. The summed E-state index contributed by atoms with van der Waals surface area (Å²) in [6.07, 6.45) is 8.22. The second-order valence-corrected chi connectivity index (χ2v) is 8.26. The highest BCUT2D eigenvalue weighted by molar-refractivity contribution is 14.0. The summed E-state index contributed by atoms with van der Waals surface area (Å²) in [5.74, 6) is 3.89. The van der Waals surface area contributed by atoms with Crippen LogP contribution in [0.1, 0.15) is 50.7 Å². The minimum atomic E-state index is 0. The fourth-order valence-corrected chi connectivity index (χ4v) is 3.62. The number of halogens is 1. The van der Waals surface area contributed by atoms with Crippen molar-refractivity contribution in [3.63, 3.8) is 0 Å². The summed E-state index contributed by atoms with van der Waals surface area (Å²) >= 11 is 1.88. The van der Waals surface area contributed by atoms with E-state index in [1.807, 2.05) is 30.3 Å². The van der Waals surface area contributed by atoms with Gasteiger partial charge in [0.25, 0.3) is 0 Å². The lowest BCUT2D eigenvalue weighted by molar-refractivity contribution is 0.203. The highest BCUT2D eigenvalue weighted by Gasteiger charge is 2.19. The summed E-state index contributed by atoms with van der Waals surface area (Å²) in [6, 6.07) is 0.496. The minimum absolute atomic E-state index is 0. The first-order valence-electron chi connectivity index (χ1n) is 10.2. The number of rotatable bonds is 10. The Labute approximate surface area is 191 Å². The van der Waals surface area contributed by atoms with E-state index in [2.05, 4.69) is 38.9 Å². The average Bonchev–Trinajstić information content (AvgIpc) is 3.00. The molecule has 7 nitrogen and oxygen atoms in total. The number of aliphatic imine (C=N–C) groups is 1. The van der Waals surface area contributed by atoms with E-state index < -0.39 is 0 Å². The molecule has 0 amide bonds. The molecule has 0 bridgehead atoms. The SMILES string of the molecule is CCCCN1CCC(NC(=NCc2nnc(C)n2C)NCCCSC)CC1.I. The largest absolute Gasteiger partial charge is 0.356 e. The van der Waals surface area contributed by atoms with Crippen molar-refractivity contribution in [3.8, 4) is 0 Å². The summed E-state index contributed by atoms with van der Waals surface area (Å²) in [6.45, 7) is 9.32. The molecule has 28 heavy (non-hydrogen) atoms. The summed E-state index contributed by atoms with van der Waals surface area (Å²) in [7, 11) is 1.99. The van der Waals surface area contributed by atoms with Gasteiger partial charge in [-0.15, -0.1) is 34.2 Å². The van der Waals surface area contributed by atoms with Crippen LogP contribution in [0.2, 0.25) is 0 Å². The molecule has 0 spiro atoms. The number of aryl methyl sites for hydroxylation is 1. The van der Waals surface area contributed by atoms with Gasteiger partial charge in [-0.25, -0.2) is 4.99 Å². The van der Waals surface area contributed by atoms with Gasteiger partial charge in [-0.3, -0.25) is 0 Å². The third kappa shape index (κ3) is 8.86. The number of nitrogens with zero attached hydrogens (tertiary/aromatic N) is 5. The highest BCUT2D eigenvalue weighted by atomic mass is 127. The number of aromatic nitrogens is 3. The Kier molecular flexibility index (Phi) is 13.1. The molecule has 0 radical (unpaired) electrons. The lowest BCUT2D eigenvalue weighted by Gasteiger charge is -2.33. The molecule has 2 N–H and O–H groups in total. The van der Waals surface area contributed by atoms with Gasteiger partial charge in [-0.1, -0.05) is 13.3 Å². The quantitative estimate of drug-likeness (QED) is 0.213. The minimum Gasteiger partial charge on any atom is -0.356 e. The van der Waals surface area contributed by atoms with E-state index in [9.17, 15) is 0 Å². The molecule has 0 atom stereocenters. The molecule has 1 aromatic rings. The molecule has 2 rings (SSSR count). The third-order valence-corrected chi connectivity index (χ3v) is 5.83. The van der Waals surface area contributed by atoms with Crippen molar-refractivity contribution in [2.45, 2.75) is 58.5 Å². The van der Waals surface area contributed by atoms with Gasteiger partial charge in [0.15, 0.2) is 11.8 Å². The Morgan fingerprint density at radius 1 is 1.25 bits per heavy atom. The first-order chi connectivity index (χ1) is 13.1. The molecule has 1 saturated heterocycles. The average molecular weight is 524 g/mol. The van der Waals surface area contributed by atoms with E-state index in [0.717, 1.165) is 30.6 Å². The van der Waals surface area contributed by atoms with Crippen LogP contribution >= 0.6 is 35.7 Å². The van der Waals surface area contributed by atoms with Crippen LogP contribution in [0.5, 0.6) is 0 Å². The van der Waals surface area contributed by atoms with E-state index in [-0.39, 0.29) is 24.0 Å². The van der Waals surface area contributed by atoms with Gasteiger partial charge in [0, 0.05) is 32.7 Å². The smallest absolute Gasteiger partial charge is 0.191 e. The molecule has 0 unspecified atom stereocenters. The van der Waals surface area contributed by atoms with Crippen LogP contribution < -0.4 is 10.6 Å². The number of hydrogen-bond acceptors (Lipinski definition) is 5. The second-order valence-electron chi connectivity index (χ2n) is 7.27. The molecular formula is C19H38IN7S. The molecule has 162 valence electrons. The number of hydrogen-bond donors (Lipinski definition) is 2. The molecule has 1 aromatic heterocycles. The summed E-state index contributed by atoms with van der Waals surface area (Å²) < 4.78 is 2.00. The fourth-order valence-electron chi connectivity index (χ4n) is 3.19. The zero-order valence-electron chi connectivity index (χ0n) is 17.9. The van der Waals surface area contributed by atoms with Crippen molar-refractivity contribution >= 4 is 41.7 Å². The van der Waals surface area contributed by atoms with Gasteiger partial charge in [0.05, 0.1) is 0 Å². The Bertz CT molecular complexity index is 571. The number of nitrogens with one attached hydrogen (secondary N) is 2. The first kappa shape index (κ1) is 25.5. The van der Waals surface area contributed by atoms with Gasteiger partial charge in [-0.2, -0.15) is 11.8 Å². The van der Waals surface area contributed by atoms with E-state index in [1.165, 1.54) is 51.1 Å². The number of guanidine groups is 1. The van der Waals surface area contributed by atoms with Crippen LogP contribution in [0.4, 0.5) is 0 Å². The summed E-state index contributed by atoms with van der Waals surface area (Å²) in [4.78, 5) is 7.37. The van der Waals surface area contributed by atoms with Crippen LogP contribution in [0.15, 0.2) is 4.99 Å². The van der Waals surface area contributed by atoms with Gasteiger partial charge < -0.3 is 20.1 Å². The molecule has 9 heteroatoms. The highest BCUT2D eigenvalue weighted by Crippen LogP contribution is 2.11. The molecule has 1 aliphatic heterocycles. The van der Waals surface area contributed by atoms with Gasteiger partial charge in [0.2, 0.25) is 0 Å². The topological polar surface area (TPSA) is 70.4 Å². The predicted molar refractivity (Wildman–Crippen MR) is 131 cm³/mol. The maximum atomic E-state index is 4.78. The normalized spacial score (nSPS) is 16.1. The Hall–Kier alpha value is -0.550. The number of likely N-dealkylation sites (tertiary alicyclic amines) is 1. The van der Waals surface area contributed by atoms with Crippen LogP contribution in [-0.2, 0) is 13.6 Å². The zero-order chi connectivity index (χ0) is 19.5. The van der Waals surface area contributed by atoms with Crippen molar-refractivity contribution in [2.24, 2.45) is 12.0 Å². The van der Waals surface area contributed by atoms with Crippen LogP contribution in [0, 0.1) is 6.92 Å².